The Labute approximate surface area is 103 Å². The van der Waals surface area contributed by atoms with E-state index in [1.807, 2.05) is 0 Å². The first-order valence-electron chi connectivity index (χ1n) is 6.19. The van der Waals surface area contributed by atoms with Crippen LogP contribution in [0, 0.1) is 22.7 Å². The lowest BCUT2D eigenvalue weighted by atomic mass is 9.73. The molecule has 90 valence electrons. The molecule has 1 aromatic rings. The maximum absolute atomic E-state index is 9.57. The summed E-state index contributed by atoms with van der Waals surface area (Å²) in [5, 5.41) is 9.57. The second kappa shape index (κ2) is 4.89. The standard InChI is InChI=1S/C15H19NO/c1-12(7-8-17-2)15(11-16)9-13-5-3-4-6-14(13)10-15/h3-6,12H,7-10H2,1-2H3. The third-order valence-corrected chi connectivity index (χ3v) is 4.05. The Kier molecular flexibility index (Phi) is 3.49. The zero-order chi connectivity index (χ0) is 12.3. The molecule has 0 aromatic heterocycles. The monoisotopic (exact) mass is 229 g/mol. The lowest BCUT2D eigenvalue weighted by molar-refractivity contribution is 0.148. The Morgan fingerprint density at radius 3 is 2.41 bits per heavy atom. The van der Waals surface area contributed by atoms with E-state index in [-0.39, 0.29) is 5.41 Å². The number of rotatable bonds is 4. The molecule has 0 bridgehead atoms. The quantitative estimate of drug-likeness (QED) is 0.795. The minimum Gasteiger partial charge on any atom is -0.385 e. The predicted molar refractivity (Wildman–Crippen MR) is 67.6 cm³/mol. The van der Waals surface area contributed by atoms with E-state index >= 15 is 0 Å². The van der Waals surface area contributed by atoms with Gasteiger partial charge in [-0.05, 0) is 36.3 Å². The normalized spacial score (nSPS) is 18.4. The van der Waals surface area contributed by atoms with Crippen LogP contribution in [-0.4, -0.2) is 13.7 Å². The first-order valence-corrected chi connectivity index (χ1v) is 6.19. The van der Waals surface area contributed by atoms with Gasteiger partial charge in [0.1, 0.15) is 0 Å². The minimum atomic E-state index is -0.220. The van der Waals surface area contributed by atoms with E-state index in [0.717, 1.165) is 25.9 Å². The van der Waals surface area contributed by atoms with Crippen LogP contribution in [-0.2, 0) is 17.6 Å². The number of nitriles is 1. The van der Waals surface area contributed by atoms with Crippen LogP contribution in [0.25, 0.3) is 0 Å². The summed E-state index contributed by atoms with van der Waals surface area (Å²) in [6, 6.07) is 11.0. The number of ether oxygens (including phenoxy) is 1. The van der Waals surface area contributed by atoms with Crippen LogP contribution in [0.2, 0.25) is 0 Å². The van der Waals surface area contributed by atoms with Gasteiger partial charge in [0.25, 0.3) is 0 Å². The SMILES string of the molecule is COCCC(C)C1(C#N)Cc2ccccc2C1. The smallest absolute Gasteiger partial charge is 0.0699 e. The summed E-state index contributed by atoms with van der Waals surface area (Å²) in [7, 11) is 1.72. The molecule has 2 nitrogen and oxygen atoms in total. The van der Waals surface area contributed by atoms with E-state index in [4.69, 9.17) is 4.74 Å². The molecule has 0 spiro atoms. The summed E-state index contributed by atoms with van der Waals surface area (Å²) in [6.07, 6.45) is 2.74. The van der Waals surface area contributed by atoms with Crippen LogP contribution in [0.3, 0.4) is 0 Å². The van der Waals surface area contributed by atoms with Crippen molar-refractivity contribution in [3.63, 3.8) is 0 Å². The first kappa shape index (κ1) is 12.1. The van der Waals surface area contributed by atoms with Gasteiger partial charge in [0.15, 0.2) is 0 Å². The van der Waals surface area contributed by atoms with Gasteiger partial charge in [-0.25, -0.2) is 0 Å². The Bertz CT molecular complexity index is 408. The molecule has 0 N–H and O–H groups in total. The highest BCUT2D eigenvalue weighted by molar-refractivity contribution is 5.37. The van der Waals surface area contributed by atoms with Crippen molar-refractivity contribution in [2.75, 3.05) is 13.7 Å². The number of nitrogens with zero attached hydrogens (tertiary/aromatic N) is 1. The highest BCUT2D eigenvalue weighted by Crippen LogP contribution is 2.43. The highest BCUT2D eigenvalue weighted by atomic mass is 16.5. The zero-order valence-electron chi connectivity index (χ0n) is 10.6. The first-order chi connectivity index (χ1) is 8.22. The predicted octanol–water partition coefficient (Wildman–Crippen LogP) is 2.97. The van der Waals surface area contributed by atoms with Crippen LogP contribution < -0.4 is 0 Å². The Balaban J connectivity index is 2.18. The van der Waals surface area contributed by atoms with E-state index in [2.05, 4.69) is 37.3 Å². The molecule has 1 unspecified atom stereocenters. The van der Waals surface area contributed by atoms with E-state index in [0.29, 0.717) is 5.92 Å². The summed E-state index contributed by atoms with van der Waals surface area (Å²) in [5.41, 5.74) is 2.47. The molecular weight excluding hydrogens is 210 g/mol. The van der Waals surface area contributed by atoms with Crippen LogP contribution >= 0.6 is 0 Å². The molecule has 0 aliphatic heterocycles. The second-order valence-corrected chi connectivity index (χ2v) is 5.07. The lowest BCUT2D eigenvalue weighted by Crippen LogP contribution is -2.28. The fraction of sp³-hybridized carbons (Fsp3) is 0.533. The van der Waals surface area contributed by atoms with Crippen molar-refractivity contribution in [1.82, 2.24) is 0 Å². The third-order valence-electron chi connectivity index (χ3n) is 4.05. The average Bonchev–Trinajstić information content (AvgIpc) is 2.75. The molecule has 0 amide bonds. The molecule has 1 aliphatic carbocycles. The van der Waals surface area contributed by atoms with E-state index < -0.39 is 0 Å². The molecule has 1 aliphatic rings. The van der Waals surface area contributed by atoms with Crippen molar-refractivity contribution in [3.8, 4) is 6.07 Å². The van der Waals surface area contributed by atoms with Crippen molar-refractivity contribution >= 4 is 0 Å². The number of methoxy groups -OCH3 is 1. The summed E-state index contributed by atoms with van der Waals surface area (Å²) in [5.74, 6) is 0.375. The van der Waals surface area contributed by atoms with Gasteiger partial charge < -0.3 is 4.74 Å². The Morgan fingerprint density at radius 2 is 1.94 bits per heavy atom. The van der Waals surface area contributed by atoms with Crippen molar-refractivity contribution in [2.24, 2.45) is 11.3 Å². The number of hydrogen-bond donors (Lipinski definition) is 0. The molecule has 0 radical (unpaired) electrons. The van der Waals surface area contributed by atoms with E-state index in [1.165, 1.54) is 11.1 Å². The van der Waals surface area contributed by atoms with Gasteiger partial charge in [-0.15, -0.1) is 0 Å². The van der Waals surface area contributed by atoms with E-state index in [1.54, 1.807) is 7.11 Å². The fourth-order valence-electron chi connectivity index (χ4n) is 2.75. The van der Waals surface area contributed by atoms with Gasteiger partial charge in [0.05, 0.1) is 11.5 Å². The van der Waals surface area contributed by atoms with Gasteiger partial charge >= 0.3 is 0 Å². The van der Waals surface area contributed by atoms with Gasteiger partial charge in [0, 0.05) is 13.7 Å². The van der Waals surface area contributed by atoms with Crippen molar-refractivity contribution in [3.05, 3.63) is 35.4 Å². The molecule has 0 fully saturated rings. The molecular formula is C15H19NO. The summed E-state index contributed by atoms with van der Waals surface area (Å²) < 4.78 is 5.13. The van der Waals surface area contributed by atoms with Gasteiger partial charge in [-0.3, -0.25) is 0 Å². The maximum Gasteiger partial charge on any atom is 0.0699 e. The van der Waals surface area contributed by atoms with Crippen LogP contribution in [0.4, 0.5) is 0 Å². The summed E-state index contributed by atoms with van der Waals surface area (Å²) in [4.78, 5) is 0. The van der Waals surface area contributed by atoms with Crippen LogP contribution in [0.15, 0.2) is 24.3 Å². The topological polar surface area (TPSA) is 33.0 Å². The van der Waals surface area contributed by atoms with Crippen molar-refractivity contribution < 1.29 is 4.74 Å². The molecule has 2 rings (SSSR count). The van der Waals surface area contributed by atoms with Crippen molar-refractivity contribution in [2.45, 2.75) is 26.2 Å². The molecule has 2 heteroatoms. The Hall–Kier alpha value is -1.33. The van der Waals surface area contributed by atoms with Crippen LogP contribution in [0.5, 0.6) is 0 Å². The molecule has 0 saturated carbocycles. The highest BCUT2D eigenvalue weighted by Gasteiger charge is 2.41. The zero-order valence-corrected chi connectivity index (χ0v) is 10.6. The second-order valence-electron chi connectivity index (χ2n) is 5.07. The number of hydrogen-bond acceptors (Lipinski definition) is 2. The molecule has 0 saturated heterocycles. The van der Waals surface area contributed by atoms with E-state index in [9.17, 15) is 5.26 Å². The summed E-state index contributed by atoms with van der Waals surface area (Å²) >= 11 is 0. The lowest BCUT2D eigenvalue weighted by Gasteiger charge is -2.28. The van der Waals surface area contributed by atoms with Crippen molar-refractivity contribution in [1.29, 1.82) is 5.26 Å². The number of fused-ring (bicyclic) bond motifs is 1. The molecule has 17 heavy (non-hydrogen) atoms. The minimum absolute atomic E-state index is 0.220. The molecule has 1 aromatic carbocycles. The van der Waals surface area contributed by atoms with Gasteiger partial charge in [-0.1, -0.05) is 31.2 Å². The van der Waals surface area contributed by atoms with Crippen LogP contribution in [0.1, 0.15) is 24.5 Å². The fourth-order valence-corrected chi connectivity index (χ4v) is 2.75. The van der Waals surface area contributed by atoms with Gasteiger partial charge in [-0.2, -0.15) is 5.26 Å². The average molecular weight is 229 g/mol. The Morgan fingerprint density at radius 1 is 1.35 bits per heavy atom. The molecule has 1 atom stereocenters. The number of benzene rings is 1. The van der Waals surface area contributed by atoms with Gasteiger partial charge in [0.2, 0.25) is 0 Å². The third kappa shape index (κ3) is 2.21. The largest absolute Gasteiger partial charge is 0.385 e. The summed E-state index contributed by atoms with van der Waals surface area (Å²) in [6.45, 7) is 2.91. The maximum atomic E-state index is 9.57. The molecule has 0 heterocycles.